The van der Waals surface area contributed by atoms with E-state index in [4.69, 9.17) is 4.74 Å². The van der Waals surface area contributed by atoms with Gasteiger partial charge in [0.15, 0.2) is 0 Å². The quantitative estimate of drug-likeness (QED) is 0.718. The lowest BCUT2D eigenvalue weighted by Gasteiger charge is -2.27. The van der Waals surface area contributed by atoms with Crippen LogP contribution in [0.15, 0.2) is 48.7 Å². The number of aromatic nitrogens is 3. The second-order valence-corrected chi connectivity index (χ2v) is 7.44. The average Bonchev–Trinajstić information content (AvgIpc) is 3.11. The highest BCUT2D eigenvalue weighted by Crippen LogP contribution is 2.26. The monoisotopic (exact) mass is 362 g/mol. The second-order valence-electron chi connectivity index (χ2n) is 7.44. The number of pyridine rings is 1. The van der Waals surface area contributed by atoms with Gasteiger partial charge in [-0.1, -0.05) is 32.0 Å². The second kappa shape index (κ2) is 7.92. The van der Waals surface area contributed by atoms with Gasteiger partial charge >= 0.3 is 0 Å². The Hall–Kier alpha value is -2.66. The molecule has 0 fully saturated rings. The fourth-order valence-electron chi connectivity index (χ4n) is 3.62. The minimum atomic E-state index is 0.452. The molecule has 1 N–H and O–H groups in total. The van der Waals surface area contributed by atoms with Crippen molar-refractivity contribution in [2.45, 2.75) is 45.9 Å². The molecule has 4 rings (SSSR count). The molecule has 0 saturated carbocycles. The van der Waals surface area contributed by atoms with Crippen molar-refractivity contribution in [3.05, 3.63) is 76.9 Å². The van der Waals surface area contributed by atoms with Crippen LogP contribution in [0.1, 0.15) is 48.0 Å². The molecule has 0 unspecified atom stereocenters. The van der Waals surface area contributed by atoms with Gasteiger partial charge in [-0.05, 0) is 35.7 Å². The first-order valence-electron chi connectivity index (χ1n) is 9.59. The fraction of sp³-hybridized carbons (Fsp3) is 0.364. The van der Waals surface area contributed by atoms with Crippen LogP contribution in [-0.2, 0) is 26.1 Å². The number of nitrogens with zero attached hydrogens (tertiary/aromatic N) is 3. The zero-order valence-corrected chi connectivity index (χ0v) is 16.0. The molecule has 3 heterocycles. The highest BCUT2D eigenvalue weighted by molar-refractivity contribution is 5.31. The van der Waals surface area contributed by atoms with E-state index in [2.05, 4.69) is 52.1 Å². The molecule has 0 bridgehead atoms. The largest absolute Gasteiger partial charge is 0.487 e. The highest BCUT2D eigenvalue weighted by Gasteiger charge is 2.23. The van der Waals surface area contributed by atoms with Gasteiger partial charge in [0, 0.05) is 43.5 Å². The van der Waals surface area contributed by atoms with E-state index in [1.54, 1.807) is 6.20 Å². The lowest BCUT2D eigenvalue weighted by atomic mass is 9.99. The maximum absolute atomic E-state index is 5.92. The molecule has 1 aliphatic heterocycles. The molecule has 0 spiro atoms. The summed E-state index contributed by atoms with van der Waals surface area (Å²) in [4.78, 5) is 6.79. The molecule has 0 aliphatic carbocycles. The SMILES string of the molecule is CC(C)c1n[nH]c2c1CN(Cc1cccc(OCc3ccccn3)c1)CC2. The van der Waals surface area contributed by atoms with Gasteiger partial charge in [-0.25, -0.2) is 0 Å². The first-order valence-corrected chi connectivity index (χ1v) is 9.59. The fourth-order valence-corrected chi connectivity index (χ4v) is 3.62. The van der Waals surface area contributed by atoms with Crippen LogP contribution in [0.2, 0.25) is 0 Å². The zero-order chi connectivity index (χ0) is 18.6. The van der Waals surface area contributed by atoms with Crippen molar-refractivity contribution in [3.8, 4) is 5.75 Å². The number of benzene rings is 1. The number of aromatic amines is 1. The topological polar surface area (TPSA) is 54.0 Å². The van der Waals surface area contributed by atoms with Crippen LogP contribution in [0, 0.1) is 0 Å². The van der Waals surface area contributed by atoms with E-state index in [9.17, 15) is 0 Å². The average molecular weight is 362 g/mol. The van der Waals surface area contributed by atoms with Crippen LogP contribution in [0.3, 0.4) is 0 Å². The van der Waals surface area contributed by atoms with Crippen LogP contribution >= 0.6 is 0 Å². The summed E-state index contributed by atoms with van der Waals surface area (Å²) in [7, 11) is 0. The van der Waals surface area contributed by atoms with E-state index in [-0.39, 0.29) is 0 Å². The van der Waals surface area contributed by atoms with E-state index in [1.807, 2.05) is 24.3 Å². The van der Waals surface area contributed by atoms with Crippen molar-refractivity contribution in [1.82, 2.24) is 20.1 Å². The molecular formula is C22H26N4O. The summed E-state index contributed by atoms with van der Waals surface area (Å²) in [6.45, 7) is 7.83. The van der Waals surface area contributed by atoms with Crippen molar-refractivity contribution < 1.29 is 4.74 Å². The minimum absolute atomic E-state index is 0.452. The maximum Gasteiger partial charge on any atom is 0.130 e. The first kappa shape index (κ1) is 17.7. The van der Waals surface area contributed by atoms with E-state index in [0.717, 1.165) is 37.5 Å². The molecule has 27 heavy (non-hydrogen) atoms. The lowest BCUT2D eigenvalue weighted by Crippen LogP contribution is -2.30. The summed E-state index contributed by atoms with van der Waals surface area (Å²) in [5, 5.41) is 7.76. The van der Waals surface area contributed by atoms with Gasteiger partial charge in [0.05, 0.1) is 11.4 Å². The molecule has 5 heteroatoms. The van der Waals surface area contributed by atoms with Gasteiger partial charge in [-0.2, -0.15) is 5.10 Å². The predicted octanol–water partition coefficient (Wildman–Crippen LogP) is 4.07. The van der Waals surface area contributed by atoms with Gasteiger partial charge in [0.2, 0.25) is 0 Å². The van der Waals surface area contributed by atoms with Crippen molar-refractivity contribution in [2.24, 2.45) is 0 Å². The molecular weight excluding hydrogens is 336 g/mol. The van der Waals surface area contributed by atoms with Crippen LogP contribution in [0.5, 0.6) is 5.75 Å². The highest BCUT2D eigenvalue weighted by atomic mass is 16.5. The smallest absolute Gasteiger partial charge is 0.130 e. The van der Waals surface area contributed by atoms with Crippen LogP contribution in [0.4, 0.5) is 0 Å². The summed E-state index contributed by atoms with van der Waals surface area (Å²) in [6.07, 6.45) is 2.83. The molecule has 5 nitrogen and oxygen atoms in total. The van der Waals surface area contributed by atoms with E-state index >= 15 is 0 Å². The standard InChI is InChI=1S/C22H26N4O/c1-16(2)22-20-14-26(11-9-21(20)24-25-22)13-17-6-5-8-19(12-17)27-15-18-7-3-4-10-23-18/h3-8,10,12,16H,9,11,13-15H2,1-2H3,(H,24,25). The molecule has 0 amide bonds. The number of hydrogen-bond donors (Lipinski definition) is 1. The van der Waals surface area contributed by atoms with Crippen molar-refractivity contribution in [1.29, 1.82) is 0 Å². The van der Waals surface area contributed by atoms with Crippen molar-refractivity contribution in [3.63, 3.8) is 0 Å². The minimum Gasteiger partial charge on any atom is -0.487 e. The summed E-state index contributed by atoms with van der Waals surface area (Å²) in [5.41, 5.74) is 6.11. The Kier molecular flexibility index (Phi) is 5.21. The Morgan fingerprint density at radius 3 is 2.93 bits per heavy atom. The number of H-pyrrole nitrogens is 1. The Bertz CT molecular complexity index is 888. The molecule has 0 radical (unpaired) electrons. The summed E-state index contributed by atoms with van der Waals surface area (Å²) < 4.78 is 5.92. The Morgan fingerprint density at radius 1 is 1.19 bits per heavy atom. The van der Waals surface area contributed by atoms with Gasteiger partial charge in [-0.15, -0.1) is 0 Å². The molecule has 1 aromatic carbocycles. The van der Waals surface area contributed by atoms with E-state index in [0.29, 0.717) is 12.5 Å². The van der Waals surface area contributed by atoms with Crippen LogP contribution < -0.4 is 4.74 Å². The van der Waals surface area contributed by atoms with Gasteiger partial charge in [-0.3, -0.25) is 15.0 Å². The normalized spacial score (nSPS) is 14.3. The lowest BCUT2D eigenvalue weighted by molar-refractivity contribution is 0.242. The van der Waals surface area contributed by atoms with E-state index < -0.39 is 0 Å². The van der Waals surface area contributed by atoms with Crippen LogP contribution in [-0.4, -0.2) is 26.6 Å². The maximum atomic E-state index is 5.92. The number of nitrogens with one attached hydrogen (secondary N) is 1. The summed E-state index contributed by atoms with van der Waals surface area (Å²) in [5.74, 6) is 1.34. The number of rotatable bonds is 6. The molecule has 2 aromatic heterocycles. The zero-order valence-electron chi connectivity index (χ0n) is 16.0. The van der Waals surface area contributed by atoms with Gasteiger partial charge in [0.1, 0.15) is 12.4 Å². The number of hydrogen-bond acceptors (Lipinski definition) is 4. The summed E-state index contributed by atoms with van der Waals surface area (Å²) >= 11 is 0. The Morgan fingerprint density at radius 2 is 2.11 bits per heavy atom. The Labute approximate surface area is 160 Å². The molecule has 1 aliphatic rings. The van der Waals surface area contributed by atoms with E-state index in [1.165, 1.54) is 22.5 Å². The van der Waals surface area contributed by atoms with Crippen LogP contribution in [0.25, 0.3) is 0 Å². The third-order valence-corrected chi connectivity index (χ3v) is 5.01. The number of fused-ring (bicyclic) bond motifs is 1. The first-order chi connectivity index (χ1) is 13.2. The third kappa shape index (κ3) is 4.19. The molecule has 3 aromatic rings. The predicted molar refractivity (Wildman–Crippen MR) is 106 cm³/mol. The number of ether oxygens (including phenoxy) is 1. The third-order valence-electron chi connectivity index (χ3n) is 5.01. The summed E-state index contributed by atoms with van der Waals surface area (Å²) in [6, 6.07) is 14.3. The van der Waals surface area contributed by atoms with Crippen molar-refractivity contribution >= 4 is 0 Å². The van der Waals surface area contributed by atoms with Gasteiger partial charge < -0.3 is 4.74 Å². The van der Waals surface area contributed by atoms with Crippen molar-refractivity contribution in [2.75, 3.05) is 6.54 Å². The molecule has 0 atom stereocenters. The Balaban J connectivity index is 1.40. The molecule has 0 saturated heterocycles. The van der Waals surface area contributed by atoms with Gasteiger partial charge in [0.25, 0.3) is 0 Å². The molecule has 140 valence electrons.